The molecule has 2 aromatic carbocycles. The van der Waals surface area contributed by atoms with Crippen LogP contribution in [0, 0.1) is 5.92 Å². The van der Waals surface area contributed by atoms with E-state index in [9.17, 15) is 26.3 Å². The van der Waals surface area contributed by atoms with Gasteiger partial charge >= 0.3 is 12.4 Å². The van der Waals surface area contributed by atoms with Gasteiger partial charge in [-0.2, -0.15) is 26.3 Å². The van der Waals surface area contributed by atoms with Crippen LogP contribution < -0.4 is 20.4 Å². The zero-order valence-electron chi connectivity index (χ0n) is 31.1. The lowest BCUT2D eigenvalue weighted by Crippen LogP contribution is -2.29. The number of fused-ring (bicyclic) bond motifs is 1. The van der Waals surface area contributed by atoms with Gasteiger partial charge in [0.1, 0.15) is 30.5 Å². The maximum absolute atomic E-state index is 13.6. The van der Waals surface area contributed by atoms with E-state index in [4.69, 9.17) is 18.8 Å². The zero-order valence-corrected chi connectivity index (χ0v) is 31.1. The van der Waals surface area contributed by atoms with Crippen LogP contribution in [-0.4, -0.2) is 49.9 Å². The van der Waals surface area contributed by atoms with Crippen LogP contribution in [0.15, 0.2) is 108 Å². The molecule has 2 fully saturated rings. The third-order valence-corrected chi connectivity index (χ3v) is 10.9. The van der Waals surface area contributed by atoms with Crippen molar-refractivity contribution in [2.75, 3.05) is 46.6 Å². The van der Waals surface area contributed by atoms with Gasteiger partial charge in [-0.3, -0.25) is 0 Å². The second-order valence-corrected chi connectivity index (χ2v) is 14.9. The molecular weight excluding hydrogens is 763 g/mol. The highest BCUT2D eigenvalue weighted by Crippen LogP contribution is 2.41. The molecule has 10 nitrogen and oxygen atoms in total. The molecular formula is C42H38F6N8O2. The Morgan fingerprint density at radius 3 is 1.72 bits per heavy atom. The Kier molecular flexibility index (Phi) is 9.72. The SMILES string of the molecule is FC(F)(F)c1coc(Nc2cc(N3CCCCC3)ccc2C2=CC3=CC(c4ccc(N5CCCCC5)cc4Nc4cc(C(F)(F)F)co4)=NC4=NC=NC(=N2)C4C3)c1. The number of amidine groups is 2. The minimum absolute atomic E-state index is 0.0764. The Hall–Kier alpha value is -6.06. The van der Waals surface area contributed by atoms with Gasteiger partial charge in [-0.05, 0) is 99.1 Å². The third-order valence-electron chi connectivity index (χ3n) is 10.9. The van der Waals surface area contributed by atoms with E-state index >= 15 is 0 Å². The molecule has 5 aliphatic heterocycles. The first kappa shape index (κ1) is 37.5. The summed E-state index contributed by atoms with van der Waals surface area (Å²) in [6.45, 7) is 3.43. The standard InChI is InChI=1S/C42H38F6N8O2/c43-41(44,45)26-18-37(57-22-26)51-35-20-28(55-11-3-1-4-12-55)7-9-30(35)33-16-25-15-32-39(53-33)49-24-50-40(32)54-34(17-25)31-10-8-29(56-13-5-2-6-14-56)21-36(31)52-38-19-27(23-58-38)42(46,47)48/h7-10,16-24,32,51-52H,1-6,11-15H2. The van der Waals surface area contributed by atoms with Crippen molar-refractivity contribution in [3.63, 3.8) is 0 Å². The fourth-order valence-corrected chi connectivity index (χ4v) is 7.95. The van der Waals surface area contributed by atoms with Crippen molar-refractivity contribution in [1.29, 1.82) is 0 Å². The fraction of sp³-hybridized carbons (Fsp3) is 0.333. The number of nitrogens with zero attached hydrogens (tertiary/aromatic N) is 6. The summed E-state index contributed by atoms with van der Waals surface area (Å²) in [7, 11) is 0. The van der Waals surface area contributed by atoms with Crippen LogP contribution in [0.5, 0.6) is 0 Å². The van der Waals surface area contributed by atoms with E-state index in [2.05, 4.69) is 30.4 Å². The predicted molar refractivity (Wildman–Crippen MR) is 213 cm³/mol. The minimum atomic E-state index is -4.58. The van der Waals surface area contributed by atoms with Gasteiger partial charge in [0.25, 0.3) is 0 Å². The second kappa shape index (κ2) is 15.0. The predicted octanol–water partition coefficient (Wildman–Crippen LogP) is 11.0. The summed E-state index contributed by atoms with van der Waals surface area (Å²) in [4.78, 5) is 23.6. The quantitative estimate of drug-likeness (QED) is 0.172. The molecule has 16 heteroatoms. The van der Waals surface area contributed by atoms with Gasteiger partial charge in [0.15, 0.2) is 11.8 Å². The fourth-order valence-electron chi connectivity index (χ4n) is 7.95. The molecule has 0 spiro atoms. The summed E-state index contributed by atoms with van der Waals surface area (Å²) in [6.07, 6.45) is 4.24. The van der Waals surface area contributed by atoms with Gasteiger partial charge in [-0.1, -0.05) is 0 Å². The number of anilines is 6. The highest BCUT2D eigenvalue weighted by atomic mass is 19.4. The Bertz CT molecular complexity index is 2290. The smallest absolute Gasteiger partial charge is 0.419 e. The number of allylic oxidation sites excluding steroid dienone is 3. The van der Waals surface area contributed by atoms with Crippen molar-refractivity contribution in [2.24, 2.45) is 25.9 Å². The number of alkyl halides is 6. The van der Waals surface area contributed by atoms with Crippen molar-refractivity contribution in [3.05, 3.63) is 101 Å². The van der Waals surface area contributed by atoms with E-state index in [1.807, 2.05) is 48.6 Å². The van der Waals surface area contributed by atoms with E-state index < -0.39 is 29.4 Å². The average Bonchev–Trinajstić information content (AvgIpc) is 3.81. The number of piperidine rings is 2. The number of furan rings is 2. The molecule has 0 amide bonds. The van der Waals surface area contributed by atoms with E-state index in [-0.39, 0.29) is 11.8 Å². The van der Waals surface area contributed by atoms with Gasteiger partial charge < -0.3 is 29.3 Å². The first-order valence-electron chi connectivity index (χ1n) is 19.3. The number of rotatable bonds is 8. The largest absolute Gasteiger partial charge is 0.448 e. The van der Waals surface area contributed by atoms with Gasteiger partial charge in [-0.25, -0.2) is 20.0 Å². The van der Waals surface area contributed by atoms with E-state index in [0.29, 0.717) is 64.5 Å². The lowest BCUT2D eigenvalue weighted by molar-refractivity contribution is -0.138. The molecule has 0 aliphatic carbocycles. The molecule has 0 radical (unpaired) electrons. The molecule has 2 saturated heterocycles. The monoisotopic (exact) mass is 800 g/mol. The lowest BCUT2D eigenvalue weighted by Gasteiger charge is -2.29. The number of nitrogens with one attached hydrogen (secondary N) is 2. The molecule has 9 rings (SSSR count). The Morgan fingerprint density at radius 1 is 0.621 bits per heavy atom. The summed E-state index contributed by atoms with van der Waals surface area (Å²) < 4.78 is 92.1. The van der Waals surface area contributed by atoms with Crippen molar-refractivity contribution >= 4 is 63.9 Å². The van der Waals surface area contributed by atoms with Crippen molar-refractivity contribution in [1.82, 2.24) is 0 Å². The molecule has 1 atom stereocenters. The summed E-state index contributed by atoms with van der Waals surface area (Å²) >= 11 is 0. The molecule has 1 unspecified atom stereocenters. The normalized spacial score (nSPS) is 19.7. The topological polar surface area (TPSA) is 106 Å². The zero-order chi connectivity index (χ0) is 40.0. The summed E-state index contributed by atoms with van der Waals surface area (Å²) in [5, 5.41) is 6.20. The summed E-state index contributed by atoms with van der Waals surface area (Å²) in [6, 6.07) is 13.4. The molecule has 2 N–H and O–H groups in total. The van der Waals surface area contributed by atoms with Crippen molar-refractivity contribution in [3.8, 4) is 0 Å². The highest BCUT2D eigenvalue weighted by Gasteiger charge is 2.35. The van der Waals surface area contributed by atoms with E-state index in [1.54, 1.807) is 0 Å². The van der Waals surface area contributed by atoms with Crippen LogP contribution in [0.3, 0.4) is 0 Å². The van der Waals surface area contributed by atoms with E-state index in [1.165, 1.54) is 6.34 Å². The summed E-state index contributed by atoms with van der Waals surface area (Å²) in [5.41, 5.74) is 4.04. The molecule has 5 aliphatic rings. The second-order valence-electron chi connectivity index (χ2n) is 14.9. The Morgan fingerprint density at radius 2 is 1.17 bits per heavy atom. The third kappa shape index (κ3) is 7.79. The Balaban J connectivity index is 1.13. The van der Waals surface area contributed by atoms with Crippen LogP contribution in [0.2, 0.25) is 0 Å². The number of halogens is 6. The molecule has 300 valence electrons. The first-order valence-corrected chi connectivity index (χ1v) is 19.3. The molecule has 7 heterocycles. The van der Waals surface area contributed by atoms with Crippen molar-refractivity contribution < 1.29 is 35.2 Å². The van der Waals surface area contributed by atoms with Gasteiger partial charge in [-0.15, -0.1) is 0 Å². The maximum atomic E-state index is 13.6. The van der Waals surface area contributed by atoms with Crippen LogP contribution >= 0.6 is 0 Å². The van der Waals surface area contributed by atoms with Crippen LogP contribution in [0.4, 0.5) is 60.9 Å². The van der Waals surface area contributed by atoms with Crippen LogP contribution in [0.25, 0.3) is 5.70 Å². The minimum Gasteiger partial charge on any atom is -0.448 e. The highest BCUT2D eigenvalue weighted by molar-refractivity contribution is 6.24. The van der Waals surface area contributed by atoms with Gasteiger partial charge in [0.05, 0.1) is 39.8 Å². The van der Waals surface area contributed by atoms with Crippen molar-refractivity contribution in [2.45, 2.75) is 57.3 Å². The molecule has 58 heavy (non-hydrogen) atoms. The Labute approximate surface area is 329 Å². The summed E-state index contributed by atoms with van der Waals surface area (Å²) in [5.74, 6) is 0.346. The van der Waals surface area contributed by atoms with Crippen LogP contribution in [-0.2, 0) is 12.4 Å². The average molecular weight is 801 g/mol. The first-order chi connectivity index (χ1) is 27.9. The molecule has 2 aromatic heterocycles. The maximum Gasteiger partial charge on any atom is 0.419 e. The number of benzene rings is 2. The molecule has 0 saturated carbocycles. The van der Waals surface area contributed by atoms with Gasteiger partial charge in [0.2, 0.25) is 0 Å². The molecule has 2 bridgehead atoms. The van der Waals surface area contributed by atoms with Gasteiger partial charge in [0, 0.05) is 60.8 Å². The number of hydrogen-bond acceptors (Lipinski definition) is 10. The molecule has 4 aromatic rings. The lowest BCUT2D eigenvalue weighted by atomic mass is 9.96. The number of hydrogen-bond donors (Lipinski definition) is 2. The number of aliphatic imine (C=N–C) groups is 4. The van der Waals surface area contributed by atoms with E-state index in [0.717, 1.165) is 93.8 Å². The van der Waals surface area contributed by atoms with Crippen LogP contribution in [0.1, 0.15) is 67.2 Å².